The maximum atomic E-state index is 13.1. The van der Waals surface area contributed by atoms with Crippen LogP contribution in [0.15, 0.2) is 18.2 Å². The van der Waals surface area contributed by atoms with Gasteiger partial charge in [-0.1, -0.05) is 6.07 Å². The van der Waals surface area contributed by atoms with E-state index in [0.29, 0.717) is 0 Å². The van der Waals surface area contributed by atoms with Gasteiger partial charge < -0.3 is 15.9 Å². The van der Waals surface area contributed by atoms with Gasteiger partial charge >= 0.3 is 5.97 Å². The van der Waals surface area contributed by atoms with Gasteiger partial charge in [-0.25, -0.2) is 4.39 Å². The molecule has 4 N–H and O–H groups in total. The summed E-state index contributed by atoms with van der Waals surface area (Å²) in [5.41, 5.74) is 5.41. The van der Waals surface area contributed by atoms with Crippen LogP contribution >= 0.6 is 17.0 Å². The number of hydrogen-bond acceptors (Lipinski definition) is 3. The lowest BCUT2D eigenvalue weighted by Crippen LogP contribution is -2.32. The predicted molar refractivity (Wildman–Crippen MR) is 57.7 cm³/mol. The van der Waals surface area contributed by atoms with Crippen molar-refractivity contribution in [2.24, 2.45) is 5.73 Å². The quantitative estimate of drug-likeness (QED) is 0.773. The molecule has 4 nitrogen and oxygen atoms in total. The van der Waals surface area contributed by atoms with Crippen LogP contribution in [0.4, 0.5) is 4.39 Å². The first kappa shape index (κ1) is 13.9. The Balaban J connectivity index is 0.00000196. The molecule has 0 unspecified atom stereocenters. The van der Waals surface area contributed by atoms with Crippen LogP contribution in [0.25, 0.3) is 0 Å². The van der Waals surface area contributed by atoms with Gasteiger partial charge in [0.15, 0.2) is 0 Å². The molecular weight excluding hydrogens is 269 g/mol. The minimum absolute atomic E-state index is 0. The zero-order valence-electron chi connectivity index (χ0n) is 7.68. The number of carboxylic acid groups (broad SMARTS) is 1. The Kier molecular flexibility index (Phi) is 5.24. The van der Waals surface area contributed by atoms with Crippen LogP contribution in [0.2, 0.25) is 0 Å². The molecule has 15 heavy (non-hydrogen) atoms. The molecule has 0 spiro atoms. The van der Waals surface area contributed by atoms with Crippen molar-refractivity contribution >= 4 is 23.0 Å². The largest absolute Gasteiger partial charge is 0.508 e. The number of aliphatic carboxylic acids is 1. The van der Waals surface area contributed by atoms with E-state index in [-0.39, 0.29) is 34.7 Å². The number of nitrogens with two attached hydrogens (primary N) is 1. The second-order valence-corrected chi connectivity index (χ2v) is 2.92. The number of hydrogen-bond donors (Lipinski definition) is 3. The van der Waals surface area contributed by atoms with Gasteiger partial charge in [-0.2, -0.15) is 0 Å². The Hall–Kier alpha value is -1.14. The number of carboxylic acids is 1. The maximum absolute atomic E-state index is 13.1. The van der Waals surface area contributed by atoms with Gasteiger partial charge in [0, 0.05) is 12.5 Å². The molecule has 0 fully saturated rings. The highest BCUT2D eigenvalue weighted by atomic mass is 79.9. The summed E-state index contributed by atoms with van der Waals surface area (Å²) in [4.78, 5) is 10.4. The minimum atomic E-state index is -1.18. The van der Waals surface area contributed by atoms with E-state index in [0.717, 1.165) is 6.07 Å². The van der Waals surface area contributed by atoms with Crippen LogP contribution in [-0.4, -0.2) is 22.2 Å². The van der Waals surface area contributed by atoms with Gasteiger partial charge in [-0.05, 0) is 11.6 Å². The van der Waals surface area contributed by atoms with Gasteiger partial charge in [0.2, 0.25) is 0 Å². The molecule has 84 valence electrons. The highest BCUT2D eigenvalue weighted by Crippen LogP contribution is 2.15. The highest BCUT2D eigenvalue weighted by molar-refractivity contribution is 8.93. The van der Waals surface area contributed by atoms with Crippen LogP contribution in [0.1, 0.15) is 5.56 Å². The third-order valence-corrected chi connectivity index (χ3v) is 1.79. The first-order chi connectivity index (χ1) is 6.50. The second-order valence-electron chi connectivity index (χ2n) is 2.92. The van der Waals surface area contributed by atoms with Crippen molar-refractivity contribution in [2.45, 2.75) is 12.5 Å². The summed E-state index contributed by atoms with van der Waals surface area (Å²) < 4.78 is 13.1. The Bertz CT molecular complexity index is 359. The molecule has 6 heteroatoms. The molecule has 0 saturated carbocycles. The number of phenols is 1. The van der Waals surface area contributed by atoms with Crippen LogP contribution in [0, 0.1) is 5.82 Å². The molecule has 1 aromatic rings. The van der Waals surface area contributed by atoms with Gasteiger partial charge in [0.1, 0.15) is 17.6 Å². The summed E-state index contributed by atoms with van der Waals surface area (Å²) >= 11 is 0. The molecule has 1 atom stereocenters. The van der Waals surface area contributed by atoms with Crippen LogP contribution < -0.4 is 5.73 Å². The molecule has 0 aliphatic heterocycles. The topological polar surface area (TPSA) is 83.5 Å². The minimum Gasteiger partial charge on any atom is -0.508 e. The van der Waals surface area contributed by atoms with E-state index in [2.05, 4.69) is 0 Å². The number of phenolic OH excluding ortho intramolecular Hbond substituents is 1. The molecule has 0 bridgehead atoms. The average molecular weight is 280 g/mol. The Morgan fingerprint density at radius 2 is 2.13 bits per heavy atom. The Morgan fingerprint density at radius 1 is 1.53 bits per heavy atom. The zero-order valence-corrected chi connectivity index (χ0v) is 9.40. The summed E-state index contributed by atoms with van der Waals surface area (Å²) in [6, 6.07) is 2.39. The monoisotopic (exact) mass is 279 g/mol. The van der Waals surface area contributed by atoms with Gasteiger partial charge in [-0.3, -0.25) is 4.79 Å². The normalized spacial score (nSPS) is 11.6. The van der Waals surface area contributed by atoms with Crippen LogP contribution in [0.5, 0.6) is 5.75 Å². The van der Waals surface area contributed by atoms with Crippen molar-refractivity contribution in [2.75, 3.05) is 0 Å². The van der Waals surface area contributed by atoms with E-state index in [9.17, 15) is 9.18 Å². The first-order valence-corrected chi connectivity index (χ1v) is 3.96. The smallest absolute Gasteiger partial charge is 0.320 e. The van der Waals surface area contributed by atoms with E-state index in [1.165, 1.54) is 12.1 Å². The van der Waals surface area contributed by atoms with Crippen molar-refractivity contribution in [3.8, 4) is 5.75 Å². The highest BCUT2D eigenvalue weighted by Gasteiger charge is 2.14. The molecule has 0 radical (unpaired) electrons. The molecule has 0 amide bonds. The Morgan fingerprint density at radius 3 is 2.60 bits per heavy atom. The molecule has 0 saturated heterocycles. The zero-order chi connectivity index (χ0) is 10.7. The standard InChI is InChI=1S/C9H10FNO3.BrH/c10-7-4-6(12)2-1-5(7)3-8(11)9(13)14;/h1-2,4,8,12H,3,11H2,(H,13,14);1H/t8-;/m0./s1. The summed E-state index contributed by atoms with van der Waals surface area (Å²) in [6.45, 7) is 0. The van der Waals surface area contributed by atoms with Crippen LogP contribution in [0.3, 0.4) is 0 Å². The third-order valence-electron chi connectivity index (χ3n) is 1.79. The van der Waals surface area contributed by atoms with E-state index >= 15 is 0 Å². The number of halogens is 2. The van der Waals surface area contributed by atoms with Gasteiger partial charge in [0.25, 0.3) is 0 Å². The average Bonchev–Trinajstić information content (AvgIpc) is 2.09. The van der Waals surface area contributed by atoms with Gasteiger partial charge in [-0.15, -0.1) is 17.0 Å². The molecule has 0 heterocycles. The number of benzene rings is 1. The summed E-state index contributed by atoms with van der Waals surface area (Å²) in [7, 11) is 0. The van der Waals surface area contributed by atoms with Gasteiger partial charge in [0.05, 0.1) is 0 Å². The summed E-state index contributed by atoms with van der Waals surface area (Å²) in [5.74, 6) is -2.03. The molecule has 0 aliphatic rings. The van der Waals surface area contributed by atoms with Crippen molar-refractivity contribution < 1.29 is 19.4 Å². The lowest BCUT2D eigenvalue weighted by atomic mass is 10.1. The predicted octanol–water partition coefficient (Wildman–Crippen LogP) is 1.06. The molecular formula is C9H11BrFNO3. The van der Waals surface area contributed by atoms with Crippen LogP contribution in [-0.2, 0) is 11.2 Å². The molecule has 1 aromatic carbocycles. The SMILES string of the molecule is Br.N[C@@H](Cc1ccc(O)cc1F)C(=O)O. The lowest BCUT2D eigenvalue weighted by molar-refractivity contribution is -0.138. The fourth-order valence-corrected chi connectivity index (χ4v) is 1.03. The Labute approximate surface area is 96.3 Å². The van der Waals surface area contributed by atoms with E-state index in [1.807, 2.05) is 0 Å². The molecule has 0 aromatic heterocycles. The van der Waals surface area contributed by atoms with E-state index in [1.54, 1.807) is 0 Å². The van der Waals surface area contributed by atoms with E-state index in [4.69, 9.17) is 15.9 Å². The van der Waals surface area contributed by atoms with Crippen molar-refractivity contribution in [3.63, 3.8) is 0 Å². The molecule has 1 rings (SSSR count). The van der Waals surface area contributed by atoms with Crippen molar-refractivity contribution in [1.29, 1.82) is 0 Å². The number of rotatable bonds is 3. The fraction of sp³-hybridized carbons (Fsp3) is 0.222. The fourth-order valence-electron chi connectivity index (χ4n) is 1.03. The second kappa shape index (κ2) is 5.67. The van der Waals surface area contributed by atoms with Crippen molar-refractivity contribution in [1.82, 2.24) is 0 Å². The number of aromatic hydroxyl groups is 1. The maximum Gasteiger partial charge on any atom is 0.320 e. The summed E-state index contributed by atoms with van der Waals surface area (Å²) in [6.07, 6.45) is -0.0958. The third kappa shape index (κ3) is 3.85. The first-order valence-electron chi connectivity index (χ1n) is 3.96. The van der Waals surface area contributed by atoms with Crippen molar-refractivity contribution in [3.05, 3.63) is 29.6 Å². The summed E-state index contributed by atoms with van der Waals surface area (Å²) in [5, 5.41) is 17.4. The number of carbonyl (C=O) groups is 1. The molecule has 0 aliphatic carbocycles. The lowest BCUT2D eigenvalue weighted by Gasteiger charge is -2.07. The van der Waals surface area contributed by atoms with E-state index < -0.39 is 17.8 Å².